The molecular formula is C21H22N4O3S2. The number of carbonyl (C=O) groups is 1. The van der Waals surface area contributed by atoms with E-state index in [1.807, 2.05) is 12.1 Å². The molecule has 3 rings (SSSR count). The number of nitrogens with zero attached hydrogens (tertiary/aromatic N) is 2. The molecule has 3 aromatic rings. The van der Waals surface area contributed by atoms with Crippen molar-refractivity contribution in [3.63, 3.8) is 0 Å². The summed E-state index contributed by atoms with van der Waals surface area (Å²) in [4.78, 5) is 17.1. The maximum Gasteiger partial charge on any atom is 0.257 e. The summed E-state index contributed by atoms with van der Waals surface area (Å²) in [6.45, 7) is 2.17. The van der Waals surface area contributed by atoms with E-state index in [1.54, 1.807) is 6.07 Å². The van der Waals surface area contributed by atoms with Crippen molar-refractivity contribution in [3.05, 3.63) is 53.6 Å². The number of hydrogen-bond acceptors (Lipinski definition) is 6. The third-order valence-electron chi connectivity index (χ3n) is 4.43. The lowest BCUT2D eigenvalue weighted by Gasteiger charge is -2.07. The molecule has 0 bridgehead atoms. The van der Waals surface area contributed by atoms with E-state index in [4.69, 9.17) is 5.26 Å². The van der Waals surface area contributed by atoms with Gasteiger partial charge in [0.15, 0.2) is 5.13 Å². The number of fused-ring (bicyclic) bond motifs is 1. The summed E-state index contributed by atoms with van der Waals surface area (Å²) < 4.78 is 27.9. The average molecular weight is 443 g/mol. The minimum atomic E-state index is -3.79. The lowest BCUT2D eigenvalue weighted by molar-refractivity contribution is 0.102. The van der Waals surface area contributed by atoms with Gasteiger partial charge in [-0.15, -0.1) is 0 Å². The summed E-state index contributed by atoms with van der Waals surface area (Å²) in [6.07, 6.45) is 3.33. The van der Waals surface area contributed by atoms with Crippen LogP contribution in [-0.4, -0.2) is 25.9 Å². The van der Waals surface area contributed by atoms with E-state index in [1.165, 1.54) is 35.1 Å². The van der Waals surface area contributed by atoms with Gasteiger partial charge in [0.2, 0.25) is 10.0 Å². The standard InChI is InChI=1S/C21H22N4O3S2/c1-2-3-6-15-9-10-18-19(13-15)29-21(24-18)25-20(26)16-7-4-8-17(14-16)30(27,28)23-12-5-11-22/h4,7-10,13-14,23H,2-3,5-6,12H2,1H3,(H,24,25,26). The summed E-state index contributed by atoms with van der Waals surface area (Å²) in [6, 6.07) is 13.7. The number of amides is 1. The second kappa shape index (κ2) is 9.80. The Bertz CT molecular complexity index is 1200. The number of unbranched alkanes of at least 4 members (excludes halogenated alkanes) is 1. The molecule has 0 unspecified atom stereocenters. The van der Waals surface area contributed by atoms with Gasteiger partial charge in [0.1, 0.15) is 0 Å². The van der Waals surface area contributed by atoms with Crippen molar-refractivity contribution in [2.45, 2.75) is 37.5 Å². The molecule has 1 heterocycles. The Kier molecular flexibility index (Phi) is 7.15. The Morgan fingerprint density at radius 2 is 2.07 bits per heavy atom. The van der Waals surface area contributed by atoms with Crippen LogP contribution in [-0.2, 0) is 16.4 Å². The molecule has 1 aromatic heterocycles. The summed E-state index contributed by atoms with van der Waals surface area (Å²) in [7, 11) is -3.79. The quantitative estimate of drug-likeness (QED) is 0.485. The molecule has 30 heavy (non-hydrogen) atoms. The number of aromatic nitrogens is 1. The van der Waals surface area contributed by atoms with Gasteiger partial charge in [-0.3, -0.25) is 10.1 Å². The number of nitriles is 1. The summed E-state index contributed by atoms with van der Waals surface area (Å²) in [5.41, 5.74) is 2.27. The molecule has 7 nitrogen and oxygen atoms in total. The molecule has 0 fully saturated rings. The highest BCUT2D eigenvalue weighted by Crippen LogP contribution is 2.28. The van der Waals surface area contributed by atoms with E-state index in [0.29, 0.717) is 5.13 Å². The summed E-state index contributed by atoms with van der Waals surface area (Å²) in [5, 5.41) is 11.8. The Morgan fingerprint density at radius 1 is 1.23 bits per heavy atom. The van der Waals surface area contributed by atoms with Crippen LogP contribution in [0.2, 0.25) is 0 Å². The largest absolute Gasteiger partial charge is 0.298 e. The second-order valence-electron chi connectivity index (χ2n) is 6.71. The highest BCUT2D eigenvalue weighted by atomic mass is 32.2. The van der Waals surface area contributed by atoms with Crippen molar-refractivity contribution >= 4 is 42.6 Å². The van der Waals surface area contributed by atoms with Crippen molar-refractivity contribution < 1.29 is 13.2 Å². The first-order chi connectivity index (χ1) is 14.4. The van der Waals surface area contributed by atoms with Crippen molar-refractivity contribution in [2.24, 2.45) is 0 Å². The van der Waals surface area contributed by atoms with Gasteiger partial charge in [0, 0.05) is 18.5 Å². The molecule has 1 amide bonds. The Balaban J connectivity index is 1.75. The maximum absolute atomic E-state index is 12.6. The van der Waals surface area contributed by atoms with E-state index >= 15 is 0 Å². The summed E-state index contributed by atoms with van der Waals surface area (Å²) in [5.74, 6) is -0.436. The minimum Gasteiger partial charge on any atom is -0.298 e. The number of nitrogens with one attached hydrogen (secondary N) is 2. The Labute approximate surface area is 179 Å². The molecule has 0 aliphatic carbocycles. The molecule has 2 aromatic carbocycles. The lowest BCUT2D eigenvalue weighted by Crippen LogP contribution is -2.25. The molecule has 0 spiro atoms. The zero-order valence-electron chi connectivity index (χ0n) is 16.5. The Hall–Kier alpha value is -2.80. The minimum absolute atomic E-state index is 0.0151. The van der Waals surface area contributed by atoms with Crippen LogP contribution >= 0.6 is 11.3 Å². The number of aryl methyl sites for hydroxylation is 1. The highest BCUT2D eigenvalue weighted by Gasteiger charge is 2.17. The maximum atomic E-state index is 12.6. The van der Waals surface area contributed by atoms with Crippen molar-refractivity contribution in [1.29, 1.82) is 5.26 Å². The van der Waals surface area contributed by atoms with Crippen LogP contribution in [0.4, 0.5) is 5.13 Å². The molecule has 0 aliphatic heterocycles. The molecule has 9 heteroatoms. The average Bonchev–Trinajstić information content (AvgIpc) is 3.14. The van der Waals surface area contributed by atoms with Crippen LogP contribution in [0.25, 0.3) is 10.2 Å². The second-order valence-corrected chi connectivity index (χ2v) is 9.51. The fraction of sp³-hybridized carbons (Fsp3) is 0.286. The van der Waals surface area contributed by atoms with Gasteiger partial charge >= 0.3 is 0 Å². The van der Waals surface area contributed by atoms with Gasteiger partial charge < -0.3 is 0 Å². The number of anilines is 1. The molecule has 2 N–H and O–H groups in total. The number of thiazole rings is 1. The topological polar surface area (TPSA) is 112 Å². The van der Waals surface area contributed by atoms with Crippen LogP contribution < -0.4 is 10.0 Å². The normalized spacial score (nSPS) is 11.3. The predicted molar refractivity (Wildman–Crippen MR) is 118 cm³/mol. The van der Waals surface area contributed by atoms with Gasteiger partial charge in [-0.05, 0) is 48.7 Å². The third-order valence-corrected chi connectivity index (χ3v) is 6.82. The molecular weight excluding hydrogens is 420 g/mol. The smallest absolute Gasteiger partial charge is 0.257 e. The van der Waals surface area contributed by atoms with Crippen LogP contribution in [0.1, 0.15) is 42.1 Å². The van der Waals surface area contributed by atoms with Crippen LogP contribution in [0.5, 0.6) is 0 Å². The van der Waals surface area contributed by atoms with E-state index < -0.39 is 15.9 Å². The molecule has 0 saturated heterocycles. The molecule has 0 aliphatic rings. The van der Waals surface area contributed by atoms with Gasteiger partial charge in [0.25, 0.3) is 5.91 Å². The number of carbonyl (C=O) groups excluding carboxylic acids is 1. The van der Waals surface area contributed by atoms with Crippen molar-refractivity contribution in [3.8, 4) is 6.07 Å². The third kappa shape index (κ3) is 5.42. The van der Waals surface area contributed by atoms with E-state index in [0.717, 1.165) is 29.5 Å². The van der Waals surface area contributed by atoms with Crippen molar-refractivity contribution in [1.82, 2.24) is 9.71 Å². The Morgan fingerprint density at radius 3 is 2.83 bits per heavy atom. The molecule has 0 radical (unpaired) electrons. The van der Waals surface area contributed by atoms with E-state index in [-0.39, 0.29) is 23.4 Å². The fourth-order valence-electron chi connectivity index (χ4n) is 2.86. The zero-order valence-corrected chi connectivity index (χ0v) is 18.1. The lowest BCUT2D eigenvalue weighted by atomic mass is 10.1. The van der Waals surface area contributed by atoms with Gasteiger partial charge in [0.05, 0.1) is 21.2 Å². The van der Waals surface area contributed by atoms with Gasteiger partial charge in [-0.2, -0.15) is 5.26 Å². The fourth-order valence-corrected chi connectivity index (χ4v) is 4.86. The van der Waals surface area contributed by atoms with Crippen LogP contribution in [0.15, 0.2) is 47.4 Å². The monoisotopic (exact) mass is 442 g/mol. The van der Waals surface area contributed by atoms with E-state index in [2.05, 4.69) is 34.1 Å². The van der Waals surface area contributed by atoms with Crippen LogP contribution in [0.3, 0.4) is 0 Å². The van der Waals surface area contributed by atoms with E-state index in [9.17, 15) is 13.2 Å². The predicted octanol–water partition coefficient (Wildman–Crippen LogP) is 4.08. The highest BCUT2D eigenvalue weighted by molar-refractivity contribution is 7.89. The molecule has 156 valence electrons. The zero-order chi connectivity index (χ0) is 21.6. The first kappa shape index (κ1) is 21.9. The summed E-state index contributed by atoms with van der Waals surface area (Å²) >= 11 is 1.39. The van der Waals surface area contributed by atoms with Crippen molar-refractivity contribution in [2.75, 3.05) is 11.9 Å². The SMILES string of the molecule is CCCCc1ccc2nc(NC(=O)c3cccc(S(=O)(=O)NCCC#N)c3)sc2c1. The first-order valence-corrected chi connectivity index (χ1v) is 11.9. The molecule has 0 atom stereocenters. The number of sulfonamides is 1. The molecule has 0 saturated carbocycles. The van der Waals surface area contributed by atoms with Crippen LogP contribution in [0, 0.1) is 11.3 Å². The van der Waals surface area contributed by atoms with Gasteiger partial charge in [-0.1, -0.05) is 36.8 Å². The first-order valence-electron chi connectivity index (χ1n) is 9.60. The number of rotatable bonds is 9. The number of hydrogen-bond donors (Lipinski definition) is 2. The van der Waals surface area contributed by atoms with Gasteiger partial charge in [-0.25, -0.2) is 18.1 Å². The number of benzene rings is 2.